The molecule has 0 saturated heterocycles. The lowest BCUT2D eigenvalue weighted by atomic mass is 10.1. The van der Waals surface area contributed by atoms with Crippen LogP contribution in [0.15, 0.2) is 24.3 Å². The molecule has 0 N–H and O–H groups in total. The zero-order valence-electron chi connectivity index (χ0n) is 13.2. The van der Waals surface area contributed by atoms with Crippen molar-refractivity contribution >= 4 is 27.6 Å². The van der Waals surface area contributed by atoms with Gasteiger partial charge in [-0.25, -0.2) is 0 Å². The van der Waals surface area contributed by atoms with E-state index in [0.29, 0.717) is 19.0 Å². The van der Waals surface area contributed by atoms with E-state index < -0.39 is 15.5 Å². The summed E-state index contributed by atoms with van der Waals surface area (Å²) >= 11 is 5.90. The molecule has 1 atom stereocenters. The van der Waals surface area contributed by atoms with E-state index >= 15 is 0 Å². The highest BCUT2D eigenvalue weighted by Crippen LogP contribution is 2.18. The van der Waals surface area contributed by atoms with Gasteiger partial charge in [0, 0.05) is 13.1 Å². The van der Waals surface area contributed by atoms with Crippen molar-refractivity contribution in [2.75, 3.05) is 12.8 Å². The number of hydrogen-bond acceptors (Lipinski definition) is 4. The summed E-state index contributed by atoms with van der Waals surface area (Å²) in [6.07, 6.45) is 0.990. The number of nitrogens with zero attached hydrogens (tertiary/aromatic N) is 1. The molecule has 7 heteroatoms. The summed E-state index contributed by atoms with van der Waals surface area (Å²) in [6, 6.07) is 6.68. The van der Waals surface area contributed by atoms with Crippen LogP contribution in [0.5, 0.6) is 5.75 Å². The van der Waals surface area contributed by atoms with Crippen molar-refractivity contribution < 1.29 is 17.4 Å². The summed E-state index contributed by atoms with van der Waals surface area (Å²) in [7, 11) is -3.57. The Kier molecular flexibility index (Phi) is 6.68. The zero-order chi connectivity index (χ0) is 16.9. The van der Waals surface area contributed by atoms with Crippen LogP contribution in [-0.2, 0) is 21.5 Å². The normalized spacial score (nSPS) is 13.0. The van der Waals surface area contributed by atoms with Crippen molar-refractivity contribution in [1.29, 1.82) is 0 Å². The van der Waals surface area contributed by atoms with Gasteiger partial charge in [-0.15, -0.1) is 11.6 Å². The molecule has 22 heavy (non-hydrogen) atoms. The van der Waals surface area contributed by atoms with Crippen molar-refractivity contribution in [3.05, 3.63) is 29.8 Å². The summed E-state index contributed by atoms with van der Waals surface area (Å²) in [5, 5.41) is -0.603. The smallest absolute Gasteiger partial charge is 0.306 e. The molecule has 0 bridgehead atoms. The lowest BCUT2D eigenvalue weighted by Gasteiger charge is -2.26. The van der Waals surface area contributed by atoms with E-state index in [1.807, 2.05) is 19.9 Å². The molecule has 0 aliphatic heterocycles. The van der Waals surface area contributed by atoms with Gasteiger partial charge < -0.3 is 9.08 Å². The Balaban J connectivity index is 2.93. The first kappa shape index (κ1) is 18.8. The molecular formula is C15H22ClNO4S. The fourth-order valence-corrected chi connectivity index (χ4v) is 2.61. The maximum absolute atomic E-state index is 12.2. The molecule has 124 valence electrons. The average Bonchev–Trinajstić information content (AvgIpc) is 2.34. The zero-order valence-corrected chi connectivity index (χ0v) is 14.8. The molecule has 1 rings (SSSR count). The number of carbonyl (C=O) groups excluding carboxylic acids is 1. The van der Waals surface area contributed by atoms with Gasteiger partial charge in [0.15, 0.2) is 0 Å². The molecule has 1 aromatic carbocycles. The van der Waals surface area contributed by atoms with Gasteiger partial charge in [0.1, 0.15) is 11.1 Å². The van der Waals surface area contributed by atoms with Crippen LogP contribution in [0.2, 0.25) is 0 Å². The summed E-state index contributed by atoms with van der Waals surface area (Å²) in [5.41, 5.74) is 0.785. The van der Waals surface area contributed by atoms with E-state index in [9.17, 15) is 13.2 Å². The third-order valence-corrected chi connectivity index (χ3v) is 3.44. The number of halogens is 1. The molecule has 0 heterocycles. The number of hydrogen-bond donors (Lipinski definition) is 0. The molecule has 0 saturated carbocycles. The van der Waals surface area contributed by atoms with Gasteiger partial charge in [-0.2, -0.15) is 8.42 Å². The second kappa shape index (κ2) is 7.83. The Morgan fingerprint density at radius 1 is 1.32 bits per heavy atom. The van der Waals surface area contributed by atoms with Crippen molar-refractivity contribution in [2.24, 2.45) is 5.92 Å². The van der Waals surface area contributed by atoms with E-state index in [-0.39, 0.29) is 11.7 Å². The number of rotatable bonds is 7. The number of amides is 1. The lowest BCUT2D eigenvalue weighted by Crippen LogP contribution is -2.37. The topological polar surface area (TPSA) is 63.7 Å². The maximum Gasteiger partial charge on any atom is 0.306 e. The van der Waals surface area contributed by atoms with Crippen LogP contribution in [0.4, 0.5) is 0 Å². The molecule has 0 spiro atoms. The summed E-state index contributed by atoms with van der Waals surface area (Å²) in [4.78, 5) is 13.8. The Hall–Kier alpha value is -1.27. The van der Waals surface area contributed by atoms with Crippen LogP contribution in [0.3, 0.4) is 0 Å². The Morgan fingerprint density at radius 2 is 1.95 bits per heavy atom. The first-order valence-electron chi connectivity index (χ1n) is 6.99. The molecule has 0 aliphatic rings. The first-order valence-corrected chi connectivity index (χ1v) is 9.25. The predicted molar refractivity (Wildman–Crippen MR) is 87.5 cm³/mol. The molecule has 1 aromatic rings. The number of carbonyl (C=O) groups is 1. The van der Waals surface area contributed by atoms with E-state index in [2.05, 4.69) is 0 Å². The van der Waals surface area contributed by atoms with Gasteiger partial charge in [-0.3, -0.25) is 4.79 Å². The predicted octanol–water partition coefficient (Wildman–Crippen LogP) is 2.64. The minimum absolute atomic E-state index is 0.148. The molecule has 0 aliphatic carbocycles. The quantitative estimate of drug-likeness (QED) is 0.562. The van der Waals surface area contributed by atoms with Crippen LogP contribution in [0, 0.1) is 5.92 Å². The summed E-state index contributed by atoms with van der Waals surface area (Å²) in [5.74, 6) is 0.385. The third kappa shape index (κ3) is 6.66. The molecule has 1 amide bonds. The van der Waals surface area contributed by atoms with E-state index in [0.717, 1.165) is 11.8 Å². The van der Waals surface area contributed by atoms with E-state index in [1.165, 1.54) is 0 Å². The third-order valence-electron chi connectivity index (χ3n) is 2.76. The highest BCUT2D eigenvalue weighted by molar-refractivity contribution is 7.86. The highest BCUT2D eigenvalue weighted by atomic mass is 35.5. The Morgan fingerprint density at radius 3 is 2.45 bits per heavy atom. The average molecular weight is 348 g/mol. The van der Waals surface area contributed by atoms with E-state index in [4.69, 9.17) is 15.8 Å². The minimum Gasteiger partial charge on any atom is -0.383 e. The van der Waals surface area contributed by atoms with Crippen molar-refractivity contribution in [3.63, 3.8) is 0 Å². The van der Waals surface area contributed by atoms with Crippen molar-refractivity contribution in [2.45, 2.75) is 32.7 Å². The van der Waals surface area contributed by atoms with Crippen molar-refractivity contribution in [3.8, 4) is 5.75 Å². The monoisotopic (exact) mass is 347 g/mol. The fraction of sp³-hybridized carbons (Fsp3) is 0.533. The summed E-state index contributed by atoms with van der Waals surface area (Å²) < 4.78 is 27.2. The SMILES string of the molecule is CC(C)CN(Cc1cccc(OS(C)(=O)=O)c1)C(=O)[C@H](C)Cl. The molecule has 0 radical (unpaired) electrons. The van der Waals surface area contributed by atoms with Gasteiger partial charge in [0.05, 0.1) is 6.26 Å². The largest absolute Gasteiger partial charge is 0.383 e. The summed E-state index contributed by atoms with van der Waals surface area (Å²) in [6.45, 7) is 6.60. The lowest BCUT2D eigenvalue weighted by molar-refractivity contribution is -0.131. The van der Waals surface area contributed by atoms with E-state index in [1.54, 1.807) is 30.0 Å². The minimum atomic E-state index is -3.57. The van der Waals surface area contributed by atoms with Crippen molar-refractivity contribution in [1.82, 2.24) is 4.90 Å². The van der Waals surface area contributed by atoms with Gasteiger partial charge in [-0.05, 0) is 30.5 Å². The fourth-order valence-electron chi connectivity index (χ4n) is 2.02. The molecule has 5 nitrogen and oxygen atoms in total. The second-order valence-electron chi connectivity index (χ2n) is 5.66. The Bertz CT molecular complexity index is 614. The molecule has 0 fully saturated rings. The Labute approximate surface area is 137 Å². The van der Waals surface area contributed by atoms with Crippen LogP contribution in [-0.4, -0.2) is 37.4 Å². The van der Waals surface area contributed by atoms with Gasteiger partial charge in [-0.1, -0.05) is 26.0 Å². The number of benzene rings is 1. The van der Waals surface area contributed by atoms with Gasteiger partial charge in [0.2, 0.25) is 5.91 Å². The maximum atomic E-state index is 12.2. The molecule has 0 unspecified atom stereocenters. The molecular weight excluding hydrogens is 326 g/mol. The van der Waals surface area contributed by atoms with Gasteiger partial charge >= 0.3 is 10.1 Å². The first-order chi connectivity index (χ1) is 10.1. The van der Waals surface area contributed by atoms with Crippen LogP contribution >= 0.6 is 11.6 Å². The van der Waals surface area contributed by atoms with Gasteiger partial charge in [0.25, 0.3) is 0 Å². The molecule has 0 aromatic heterocycles. The second-order valence-corrected chi connectivity index (χ2v) is 7.89. The standard InChI is InChI=1S/C15H22ClNO4S/c1-11(2)9-17(15(18)12(3)16)10-13-6-5-7-14(8-13)21-22(4,19)20/h5-8,11-12H,9-10H2,1-4H3/t12-/m0/s1. The van der Waals surface area contributed by atoms with Crippen LogP contribution in [0.25, 0.3) is 0 Å². The van der Waals surface area contributed by atoms with Crippen LogP contribution in [0.1, 0.15) is 26.3 Å². The highest BCUT2D eigenvalue weighted by Gasteiger charge is 2.20. The number of alkyl halides is 1. The van der Waals surface area contributed by atoms with Crippen LogP contribution < -0.4 is 4.18 Å².